The summed E-state index contributed by atoms with van der Waals surface area (Å²) in [5, 5.41) is 5.80. The maximum absolute atomic E-state index is 12.9. The van der Waals surface area contributed by atoms with E-state index >= 15 is 0 Å². The number of halogens is 3. The third-order valence-electron chi connectivity index (χ3n) is 2.77. The quantitative estimate of drug-likeness (QED) is 0.824. The number of carbonyl (C=O) groups is 1. The molecule has 0 heterocycles. The summed E-state index contributed by atoms with van der Waals surface area (Å²) in [6, 6.07) is 9.61. The molecule has 2 N–H and O–H groups in total. The van der Waals surface area contributed by atoms with Crippen LogP contribution in [0.2, 0.25) is 5.02 Å². The van der Waals surface area contributed by atoms with E-state index in [-0.39, 0.29) is 17.5 Å². The largest absolute Gasteiger partial charge is 0.375 e. The van der Waals surface area contributed by atoms with Crippen molar-refractivity contribution in [3.63, 3.8) is 0 Å². The maximum atomic E-state index is 12.9. The van der Waals surface area contributed by atoms with Crippen LogP contribution in [0.1, 0.15) is 5.56 Å². The molecule has 0 fully saturated rings. The van der Waals surface area contributed by atoms with Crippen LogP contribution in [0.15, 0.2) is 40.9 Å². The van der Waals surface area contributed by atoms with Gasteiger partial charge < -0.3 is 10.6 Å². The van der Waals surface area contributed by atoms with Crippen LogP contribution in [0.3, 0.4) is 0 Å². The van der Waals surface area contributed by atoms with E-state index in [0.717, 1.165) is 21.8 Å². The highest BCUT2D eigenvalue weighted by Crippen LogP contribution is 2.24. The van der Waals surface area contributed by atoms with E-state index in [9.17, 15) is 9.18 Å². The Hall–Kier alpha value is -1.59. The van der Waals surface area contributed by atoms with Crippen LogP contribution in [0.4, 0.5) is 15.8 Å². The van der Waals surface area contributed by atoms with Crippen molar-refractivity contribution in [2.45, 2.75) is 6.92 Å². The van der Waals surface area contributed by atoms with Gasteiger partial charge in [-0.15, -0.1) is 0 Å². The molecule has 0 saturated carbocycles. The number of aryl methyl sites for hydroxylation is 1. The minimum atomic E-state index is -0.445. The smallest absolute Gasteiger partial charge is 0.243 e. The average molecular weight is 372 g/mol. The van der Waals surface area contributed by atoms with Crippen LogP contribution < -0.4 is 10.6 Å². The van der Waals surface area contributed by atoms with E-state index in [1.165, 1.54) is 12.1 Å². The molecule has 6 heteroatoms. The molecular weight excluding hydrogens is 359 g/mol. The molecule has 0 saturated heterocycles. The molecule has 0 unspecified atom stereocenters. The summed E-state index contributed by atoms with van der Waals surface area (Å²) in [5.74, 6) is -0.712. The van der Waals surface area contributed by atoms with Crippen LogP contribution in [-0.4, -0.2) is 12.5 Å². The molecule has 0 aromatic heterocycles. The Balaban J connectivity index is 1.96. The number of anilines is 2. The van der Waals surface area contributed by atoms with Gasteiger partial charge in [0.05, 0.1) is 17.3 Å². The Kier molecular flexibility index (Phi) is 5.20. The molecule has 2 rings (SSSR count). The van der Waals surface area contributed by atoms with Crippen molar-refractivity contribution in [1.29, 1.82) is 0 Å². The fraction of sp³-hybridized carbons (Fsp3) is 0.133. The van der Waals surface area contributed by atoms with Gasteiger partial charge in [-0.05, 0) is 58.7 Å². The first-order valence-corrected chi connectivity index (χ1v) is 7.38. The van der Waals surface area contributed by atoms with Gasteiger partial charge in [0.2, 0.25) is 5.91 Å². The summed E-state index contributed by atoms with van der Waals surface area (Å²) in [6.07, 6.45) is 0. The molecule has 0 spiro atoms. The number of nitrogens with one attached hydrogen (secondary N) is 2. The van der Waals surface area contributed by atoms with Gasteiger partial charge in [0, 0.05) is 10.2 Å². The lowest BCUT2D eigenvalue weighted by Gasteiger charge is -2.10. The summed E-state index contributed by atoms with van der Waals surface area (Å²) >= 11 is 9.28. The topological polar surface area (TPSA) is 41.1 Å². The fourth-order valence-electron chi connectivity index (χ4n) is 1.72. The third-order valence-corrected chi connectivity index (χ3v) is 3.74. The van der Waals surface area contributed by atoms with E-state index < -0.39 is 5.82 Å². The summed E-state index contributed by atoms with van der Waals surface area (Å²) in [4.78, 5) is 11.9. The molecule has 110 valence electrons. The summed E-state index contributed by atoms with van der Waals surface area (Å²) in [7, 11) is 0. The average Bonchev–Trinajstić information content (AvgIpc) is 2.41. The van der Waals surface area contributed by atoms with E-state index in [0.29, 0.717) is 5.69 Å². The SMILES string of the molecule is Cc1ccc(NCC(=O)Nc2ccc(F)cc2Cl)c(Br)c1. The minimum Gasteiger partial charge on any atom is -0.375 e. The highest BCUT2D eigenvalue weighted by atomic mass is 79.9. The molecule has 3 nitrogen and oxygen atoms in total. The van der Waals surface area contributed by atoms with Crippen molar-refractivity contribution < 1.29 is 9.18 Å². The van der Waals surface area contributed by atoms with Gasteiger partial charge in [-0.25, -0.2) is 4.39 Å². The molecule has 2 aromatic rings. The molecule has 2 aromatic carbocycles. The molecule has 0 aliphatic heterocycles. The molecule has 0 radical (unpaired) electrons. The molecule has 21 heavy (non-hydrogen) atoms. The van der Waals surface area contributed by atoms with Crippen molar-refractivity contribution in [2.75, 3.05) is 17.2 Å². The van der Waals surface area contributed by atoms with Crippen molar-refractivity contribution in [3.8, 4) is 0 Å². The Bertz CT molecular complexity index is 679. The Morgan fingerprint density at radius 1 is 1.24 bits per heavy atom. The van der Waals surface area contributed by atoms with E-state index in [1.54, 1.807) is 0 Å². The molecule has 0 bridgehead atoms. The predicted molar refractivity (Wildman–Crippen MR) is 87.4 cm³/mol. The number of hydrogen-bond donors (Lipinski definition) is 2. The predicted octanol–water partition coefficient (Wildman–Crippen LogP) is 4.60. The van der Waals surface area contributed by atoms with Gasteiger partial charge in [-0.2, -0.15) is 0 Å². The highest BCUT2D eigenvalue weighted by molar-refractivity contribution is 9.10. The van der Waals surface area contributed by atoms with Gasteiger partial charge in [-0.1, -0.05) is 17.7 Å². The van der Waals surface area contributed by atoms with Gasteiger partial charge in [0.1, 0.15) is 5.82 Å². The first kappa shape index (κ1) is 15.8. The van der Waals surface area contributed by atoms with Crippen molar-refractivity contribution in [1.82, 2.24) is 0 Å². The van der Waals surface area contributed by atoms with Crippen LogP contribution in [-0.2, 0) is 4.79 Å². The number of amides is 1. The third kappa shape index (κ3) is 4.44. The van der Waals surface area contributed by atoms with Crippen LogP contribution in [0.25, 0.3) is 0 Å². The van der Waals surface area contributed by atoms with Gasteiger partial charge in [-0.3, -0.25) is 4.79 Å². The van der Waals surface area contributed by atoms with E-state index in [1.807, 2.05) is 25.1 Å². The zero-order valence-corrected chi connectivity index (χ0v) is 13.6. The Labute approximate surface area is 135 Å². The summed E-state index contributed by atoms with van der Waals surface area (Å²) in [6.45, 7) is 2.06. The Morgan fingerprint density at radius 2 is 1.95 bits per heavy atom. The second-order valence-electron chi connectivity index (χ2n) is 4.51. The number of rotatable bonds is 4. The fourth-order valence-corrected chi connectivity index (χ4v) is 2.57. The maximum Gasteiger partial charge on any atom is 0.243 e. The summed E-state index contributed by atoms with van der Waals surface area (Å²) in [5.41, 5.74) is 2.32. The van der Waals surface area contributed by atoms with Crippen LogP contribution in [0, 0.1) is 12.7 Å². The van der Waals surface area contributed by atoms with E-state index in [4.69, 9.17) is 11.6 Å². The zero-order valence-electron chi connectivity index (χ0n) is 11.2. The first-order chi connectivity index (χ1) is 9.95. The molecule has 1 amide bonds. The van der Waals surface area contributed by atoms with Crippen molar-refractivity contribution in [3.05, 3.63) is 57.3 Å². The lowest BCUT2D eigenvalue weighted by molar-refractivity contribution is -0.114. The second-order valence-corrected chi connectivity index (χ2v) is 5.77. The lowest BCUT2D eigenvalue weighted by atomic mass is 10.2. The molecular formula is C15H13BrClFN2O. The monoisotopic (exact) mass is 370 g/mol. The van der Waals surface area contributed by atoms with Crippen LogP contribution in [0.5, 0.6) is 0 Å². The van der Waals surface area contributed by atoms with E-state index in [2.05, 4.69) is 26.6 Å². The number of hydrogen-bond acceptors (Lipinski definition) is 2. The standard InChI is InChI=1S/C15H13BrClFN2O/c1-9-2-4-13(11(16)6-9)19-8-15(21)20-14-5-3-10(18)7-12(14)17/h2-7,19H,8H2,1H3,(H,20,21). The van der Waals surface area contributed by atoms with Gasteiger partial charge >= 0.3 is 0 Å². The Morgan fingerprint density at radius 3 is 2.62 bits per heavy atom. The zero-order chi connectivity index (χ0) is 15.4. The van der Waals surface area contributed by atoms with Gasteiger partial charge in [0.25, 0.3) is 0 Å². The highest BCUT2D eigenvalue weighted by Gasteiger charge is 2.07. The lowest BCUT2D eigenvalue weighted by Crippen LogP contribution is -2.22. The second kappa shape index (κ2) is 6.91. The molecule has 0 aliphatic rings. The summed E-state index contributed by atoms with van der Waals surface area (Å²) < 4.78 is 13.8. The minimum absolute atomic E-state index is 0.0787. The number of carbonyl (C=O) groups excluding carboxylic acids is 1. The molecule has 0 atom stereocenters. The molecule has 0 aliphatic carbocycles. The van der Waals surface area contributed by atoms with Crippen molar-refractivity contribution in [2.24, 2.45) is 0 Å². The number of benzene rings is 2. The van der Waals surface area contributed by atoms with Crippen LogP contribution >= 0.6 is 27.5 Å². The van der Waals surface area contributed by atoms with Crippen molar-refractivity contribution >= 4 is 44.8 Å². The first-order valence-electron chi connectivity index (χ1n) is 6.20. The van der Waals surface area contributed by atoms with Gasteiger partial charge in [0.15, 0.2) is 0 Å². The normalized spacial score (nSPS) is 10.3.